The van der Waals surface area contributed by atoms with Gasteiger partial charge in [-0.3, -0.25) is 9.59 Å². The Bertz CT molecular complexity index is 421. The highest BCUT2D eigenvalue weighted by molar-refractivity contribution is 5.84. The van der Waals surface area contributed by atoms with E-state index in [1.807, 2.05) is 29.9 Å². The van der Waals surface area contributed by atoms with Gasteiger partial charge in [-0.2, -0.15) is 0 Å². The maximum atomic E-state index is 11.6. The Hall–Kier alpha value is -1.78. The fourth-order valence-corrected chi connectivity index (χ4v) is 1.41. The average molecular weight is 238 g/mol. The number of rotatable bonds is 5. The summed E-state index contributed by atoms with van der Waals surface area (Å²) >= 11 is 0. The Kier molecular flexibility index (Phi) is 3.93. The molecule has 0 unspecified atom stereocenters. The molecule has 0 aromatic carbocycles. The molecule has 0 aliphatic rings. The molecular formula is C12H18N2O3. The van der Waals surface area contributed by atoms with E-state index in [9.17, 15) is 9.59 Å². The number of carbonyl (C=O) groups excluding carboxylic acids is 1. The number of carboxylic acid groups (broad SMARTS) is 1. The first-order valence-corrected chi connectivity index (χ1v) is 5.43. The molecule has 0 spiro atoms. The van der Waals surface area contributed by atoms with Crippen molar-refractivity contribution in [1.82, 2.24) is 9.88 Å². The SMILES string of the molecule is Cn1cccc1CNC(=O)CC(C)(C)C(=O)O. The Morgan fingerprint density at radius 1 is 1.47 bits per heavy atom. The van der Waals surface area contributed by atoms with Gasteiger partial charge in [-0.05, 0) is 26.0 Å². The fourth-order valence-electron chi connectivity index (χ4n) is 1.41. The molecule has 1 aromatic rings. The maximum absolute atomic E-state index is 11.6. The second kappa shape index (κ2) is 5.03. The van der Waals surface area contributed by atoms with Crippen molar-refractivity contribution in [2.75, 3.05) is 0 Å². The average Bonchev–Trinajstić information content (AvgIpc) is 2.60. The minimum absolute atomic E-state index is 0.0211. The quantitative estimate of drug-likeness (QED) is 0.808. The number of hydrogen-bond donors (Lipinski definition) is 2. The number of nitrogens with one attached hydrogen (secondary N) is 1. The van der Waals surface area contributed by atoms with Crippen LogP contribution in [0.5, 0.6) is 0 Å². The number of amides is 1. The number of aliphatic carboxylic acids is 1. The molecule has 0 aliphatic heterocycles. The molecule has 94 valence electrons. The van der Waals surface area contributed by atoms with Crippen LogP contribution in [0.1, 0.15) is 26.0 Å². The predicted molar refractivity (Wildman–Crippen MR) is 63.3 cm³/mol. The summed E-state index contributed by atoms with van der Waals surface area (Å²) in [4.78, 5) is 22.4. The largest absolute Gasteiger partial charge is 0.481 e. The van der Waals surface area contributed by atoms with Gasteiger partial charge in [0.25, 0.3) is 0 Å². The Morgan fingerprint density at radius 2 is 2.12 bits per heavy atom. The van der Waals surface area contributed by atoms with Crippen LogP contribution < -0.4 is 5.32 Å². The summed E-state index contributed by atoms with van der Waals surface area (Å²) in [6.07, 6.45) is 1.87. The standard InChI is InChI=1S/C12H18N2O3/c1-12(2,11(16)17)7-10(15)13-8-9-5-4-6-14(9)3/h4-6H,7-8H2,1-3H3,(H,13,15)(H,16,17). The van der Waals surface area contributed by atoms with Crippen molar-refractivity contribution >= 4 is 11.9 Å². The van der Waals surface area contributed by atoms with Crippen LogP contribution in [0.2, 0.25) is 0 Å². The van der Waals surface area contributed by atoms with Gasteiger partial charge in [-0.15, -0.1) is 0 Å². The van der Waals surface area contributed by atoms with Crippen LogP contribution in [0.4, 0.5) is 0 Å². The number of aryl methyl sites for hydroxylation is 1. The molecule has 2 N–H and O–H groups in total. The van der Waals surface area contributed by atoms with Gasteiger partial charge in [0, 0.05) is 25.4 Å². The molecule has 1 heterocycles. The Morgan fingerprint density at radius 3 is 2.59 bits per heavy atom. The van der Waals surface area contributed by atoms with Gasteiger partial charge in [0.1, 0.15) is 0 Å². The van der Waals surface area contributed by atoms with Crippen LogP contribution in [-0.4, -0.2) is 21.6 Å². The van der Waals surface area contributed by atoms with Crippen LogP contribution in [0.3, 0.4) is 0 Å². The molecule has 0 saturated carbocycles. The molecule has 0 radical (unpaired) electrons. The molecule has 1 amide bonds. The van der Waals surface area contributed by atoms with E-state index in [2.05, 4.69) is 5.32 Å². The molecule has 0 aliphatic carbocycles. The Balaban J connectivity index is 2.46. The van der Waals surface area contributed by atoms with Crippen molar-refractivity contribution < 1.29 is 14.7 Å². The topological polar surface area (TPSA) is 71.3 Å². The van der Waals surface area contributed by atoms with Crippen molar-refractivity contribution in [1.29, 1.82) is 0 Å². The number of carbonyl (C=O) groups is 2. The summed E-state index contributed by atoms with van der Waals surface area (Å²) < 4.78 is 1.91. The van der Waals surface area contributed by atoms with Crippen LogP contribution >= 0.6 is 0 Å². The van der Waals surface area contributed by atoms with E-state index >= 15 is 0 Å². The van der Waals surface area contributed by atoms with E-state index in [1.165, 1.54) is 13.8 Å². The third-order valence-corrected chi connectivity index (χ3v) is 2.70. The summed E-state index contributed by atoms with van der Waals surface area (Å²) in [5, 5.41) is 11.6. The lowest BCUT2D eigenvalue weighted by molar-refractivity contribution is -0.149. The minimum Gasteiger partial charge on any atom is -0.481 e. The van der Waals surface area contributed by atoms with Gasteiger partial charge in [0.2, 0.25) is 5.91 Å². The lowest BCUT2D eigenvalue weighted by Crippen LogP contribution is -2.33. The normalized spacial score (nSPS) is 11.2. The first-order chi connectivity index (χ1) is 7.83. The third-order valence-electron chi connectivity index (χ3n) is 2.70. The van der Waals surface area contributed by atoms with Gasteiger partial charge in [0.15, 0.2) is 0 Å². The van der Waals surface area contributed by atoms with Gasteiger partial charge in [-0.25, -0.2) is 0 Å². The molecule has 1 rings (SSSR count). The van der Waals surface area contributed by atoms with E-state index in [0.29, 0.717) is 6.54 Å². The molecule has 0 fully saturated rings. The smallest absolute Gasteiger partial charge is 0.309 e. The van der Waals surface area contributed by atoms with Gasteiger partial charge < -0.3 is 15.0 Å². The summed E-state index contributed by atoms with van der Waals surface area (Å²) in [5.41, 5.74) is -0.0512. The van der Waals surface area contributed by atoms with Crippen LogP contribution in [0, 0.1) is 5.41 Å². The first-order valence-electron chi connectivity index (χ1n) is 5.43. The van der Waals surface area contributed by atoms with Crippen molar-refractivity contribution in [3.05, 3.63) is 24.0 Å². The zero-order valence-electron chi connectivity index (χ0n) is 10.4. The zero-order chi connectivity index (χ0) is 13.1. The summed E-state index contributed by atoms with van der Waals surface area (Å²) in [6, 6.07) is 3.80. The zero-order valence-corrected chi connectivity index (χ0v) is 10.4. The number of nitrogens with zero attached hydrogens (tertiary/aromatic N) is 1. The molecule has 1 aromatic heterocycles. The molecule has 17 heavy (non-hydrogen) atoms. The Labute approximate surface area is 100 Å². The lowest BCUT2D eigenvalue weighted by atomic mass is 9.89. The van der Waals surface area contributed by atoms with Crippen molar-refractivity contribution in [2.45, 2.75) is 26.8 Å². The van der Waals surface area contributed by atoms with Crippen molar-refractivity contribution in [3.8, 4) is 0 Å². The summed E-state index contributed by atoms with van der Waals surface area (Å²) in [5.74, 6) is -1.22. The number of hydrogen-bond acceptors (Lipinski definition) is 2. The highest BCUT2D eigenvalue weighted by atomic mass is 16.4. The first kappa shape index (κ1) is 13.3. The monoisotopic (exact) mass is 238 g/mol. The molecule has 0 atom stereocenters. The van der Waals surface area contributed by atoms with Gasteiger partial charge in [0.05, 0.1) is 12.0 Å². The van der Waals surface area contributed by atoms with Crippen LogP contribution in [0.15, 0.2) is 18.3 Å². The fraction of sp³-hybridized carbons (Fsp3) is 0.500. The molecule has 5 nitrogen and oxygen atoms in total. The molecule has 0 saturated heterocycles. The minimum atomic E-state index is -1.03. The van der Waals surface area contributed by atoms with Crippen molar-refractivity contribution in [3.63, 3.8) is 0 Å². The van der Waals surface area contributed by atoms with E-state index in [1.54, 1.807) is 0 Å². The second-order valence-electron chi connectivity index (χ2n) is 4.75. The second-order valence-corrected chi connectivity index (χ2v) is 4.75. The van der Waals surface area contributed by atoms with E-state index < -0.39 is 11.4 Å². The maximum Gasteiger partial charge on any atom is 0.309 e. The third kappa shape index (κ3) is 3.62. The van der Waals surface area contributed by atoms with Crippen LogP contribution in [0.25, 0.3) is 0 Å². The van der Waals surface area contributed by atoms with Gasteiger partial charge in [-0.1, -0.05) is 0 Å². The number of aromatic nitrogens is 1. The summed E-state index contributed by atoms with van der Waals surface area (Å²) in [7, 11) is 1.89. The van der Waals surface area contributed by atoms with Crippen molar-refractivity contribution in [2.24, 2.45) is 12.5 Å². The van der Waals surface area contributed by atoms with Crippen LogP contribution in [-0.2, 0) is 23.2 Å². The highest BCUT2D eigenvalue weighted by Crippen LogP contribution is 2.20. The molecule has 5 heteroatoms. The van der Waals surface area contributed by atoms with E-state index in [-0.39, 0.29) is 12.3 Å². The number of carboxylic acids is 1. The van der Waals surface area contributed by atoms with E-state index in [0.717, 1.165) is 5.69 Å². The highest BCUT2D eigenvalue weighted by Gasteiger charge is 2.29. The van der Waals surface area contributed by atoms with E-state index in [4.69, 9.17) is 5.11 Å². The summed E-state index contributed by atoms with van der Waals surface area (Å²) in [6.45, 7) is 3.49. The molecular weight excluding hydrogens is 220 g/mol. The molecule has 0 bridgehead atoms. The predicted octanol–water partition coefficient (Wildman–Crippen LogP) is 1.14. The van der Waals surface area contributed by atoms with Gasteiger partial charge >= 0.3 is 5.97 Å². The lowest BCUT2D eigenvalue weighted by Gasteiger charge is -2.18.